The zero-order valence-electron chi connectivity index (χ0n) is 14.2. The highest BCUT2D eigenvalue weighted by molar-refractivity contribution is 5.83. The molecule has 0 saturated heterocycles. The van der Waals surface area contributed by atoms with Gasteiger partial charge in [-0.1, -0.05) is 32.0 Å². The molecule has 1 amide bonds. The Kier molecular flexibility index (Phi) is 4.71. The van der Waals surface area contributed by atoms with Crippen molar-refractivity contribution in [2.45, 2.75) is 39.7 Å². The number of amides is 1. The molecule has 0 spiro atoms. The maximum absolute atomic E-state index is 12.2. The number of benzene rings is 1. The van der Waals surface area contributed by atoms with Gasteiger partial charge in [-0.05, 0) is 44.2 Å². The molecule has 1 saturated carbocycles. The molecule has 1 aromatic carbocycles. The molecule has 0 bridgehead atoms. The van der Waals surface area contributed by atoms with E-state index in [2.05, 4.69) is 37.5 Å². The minimum absolute atomic E-state index is 0.0317. The number of furan rings is 1. The Labute approximate surface area is 137 Å². The van der Waals surface area contributed by atoms with Gasteiger partial charge in [0.1, 0.15) is 11.3 Å². The summed E-state index contributed by atoms with van der Waals surface area (Å²) in [6.45, 7) is 7.60. The lowest BCUT2D eigenvalue weighted by Gasteiger charge is -2.21. The number of aryl methyl sites for hydroxylation is 1. The summed E-state index contributed by atoms with van der Waals surface area (Å²) >= 11 is 0. The molecule has 1 aliphatic carbocycles. The highest BCUT2D eigenvalue weighted by Gasteiger charge is 2.25. The number of fused-ring (bicyclic) bond motifs is 1. The van der Waals surface area contributed by atoms with Gasteiger partial charge in [0.15, 0.2) is 0 Å². The molecule has 1 aliphatic rings. The number of rotatable bonds is 7. The van der Waals surface area contributed by atoms with Crippen molar-refractivity contribution in [3.8, 4) is 0 Å². The van der Waals surface area contributed by atoms with Crippen LogP contribution in [0, 0.1) is 18.8 Å². The Hall–Kier alpha value is -1.81. The van der Waals surface area contributed by atoms with Gasteiger partial charge in [0.25, 0.3) is 0 Å². The van der Waals surface area contributed by atoms with Crippen molar-refractivity contribution >= 4 is 16.9 Å². The second kappa shape index (κ2) is 6.75. The fourth-order valence-corrected chi connectivity index (χ4v) is 2.96. The summed E-state index contributed by atoms with van der Waals surface area (Å²) in [5.74, 6) is 1.95. The smallest absolute Gasteiger partial charge is 0.234 e. The maximum atomic E-state index is 12.2. The molecule has 0 radical (unpaired) electrons. The van der Waals surface area contributed by atoms with Crippen LogP contribution in [0.5, 0.6) is 0 Å². The van der Waals surface area contributed by atoms with Gasteiger partial charge in [-0.3, -0.25) is 4.79 Å². The first kappa shape index (κ1) is 16.1. The Bertz CT molecular complexity index is 686. The molecule has 1 unspecified atom stereocenters. The molecular weight excluding hydrogens is 288 g/mol. The molecule has 1 atom stereocenters. The fourth-order valence-electron chi connectivity index (χ4n) is 2.96. The Morgan fingerprint density at radius 3 is 2.70 bits per heavy atom. The third-order valence-electron chi connectivity index (χ3n) is 4.56. The minimum Gasteiger partial charge on any atom is -0.459 e. The molecular formula is C19H26N2O2. The van der Waals surface area contributed by atoms with Crippen LogP contribution in [0.25, 0.3) is 11.0 Å². The Morgan fingerprint density at radius 2 is 2.04 bits per heavy atom. The van der Waals surface area contributed by atoms with Gasteiger partial charge < -0.3 is 15.1 Å². The minimum atomic E-state index is -0.0994. The summed E-state index contributed by atoms with van der Waals surface area (Å²) < 4.78 is 6.04. The molecule has 1 aromatic heterocycles. The van der Waals surface area contributed by atoms with E-state index in [1.807, 2.05) is 18.2 Å². The number of carbonyl (C=O) groups is 1. The average Bonchev–Trinajstić information content (AvgIpc) is 3.29. The molecule has 4 nitrogen and oxygen atoms in total. The van der Waals surface area contributed by atoms with E-state index in [4.69, 9.17) is 4.42 Å². The molecule has 3 rings (SSSR count). The summed E-state index contributed by atoms with van der Waals surface area (Å²) in [7, 11) is 0. The molecule has 1 fully saturated rings. The predicted octanol–water partition coefficient (Wildman–Crippen LogP) is 3.55. The Morgan fingerprint density at radius 1 is 1.30 bits per heavy atom. The summed E-state index contributed by atoms with van der Waals surface area (Å²) in [5.41, 5.74) is 2.00. The van der Waals surface area contributed by atoms with Crippen LogP contribution in [0.15, 0.2) is 28.7 Å². The monoisotopic (exact) mass is 314 g/mol. The first-order valence-corrected chi connectivity index (χ1v) is 8.54. The van der Waals surface area contributed by atoms with Crippen molar-refractivity contribution in [1.82, 2.24) is 10.6 Å². The lowest BCUT2D eigenvalue weighted by molar-refractivity contribution is -0.121. The van der Waals surface area contributed by atoms with Crippen molar-refractivity contribution in [3.63, 3.8) is 0 Å². The van der Waals surface area contributed by atoms with E-state index < -0.39 is 0 Å². The van der Waals surface area contributed by atoms with Crippen LogP contribution in [0.4, 0.5) is 0 Å². The zero-order valence-corrected chi connectivity index (χ0v) is 14.2. The average molecular weight is 314 g/mol. The van der Waals surface area contributed by atoms with Crippen LogP contribution in [0.1, 0.15) is 44.1 Å². The van der Waals surface area contributed by atoms with Crippen molar-refractivity contribution in [2.24, 2.45) is 11.8 Å². The maximum Gasteiger partial charge on any atom is 0.234 e. The van der Waals surface area contributed by atoms with Crippen LogP contribution in [-0.2, 0) is 4.79 Å². The van der Waals surface area contributed by atoms with Crippen LogP contribution in [0.3, 0.4) is 0 Å². The first-order valence-electron chi connectivity index (χ1n) is 8.54. The highest BCUT2D eigenvalue weighted by atomic mass is 16.3. The van der Waals surface area contributed by atoms with Crippen molar-refractivity contribution in [1.29, 1.82) is 0 Å². The molecule has 23 heavy (non-hydrogen) atoms. The summed E-state index contributed by atoms with van der Waals surface area (Å²) in [4.78, 5) is 12.2. The normalized spacial score (nSPS) is 16.0. The van der Waals surface area contributed by atoms with E-state index >= 15 is 0 Å². The number of hydrogen-bond acceptors (Lipinski definition) is 3. The van der Waals surface area contributed by atoms with Gasteiger partial charge in [0.05, 0.1) is 12.6 Å². The molecule has 2 N–H and O–H groups in total. The summed E-state index contributed by atoms with van der Waals surface area (Å²) in [6, 6.07) is 7.92. The largest absolute Gasteiger partial charge is 0.459 e. The third kappa shape index (κ3) is 3.75. The number of carbonyl (C=O) groups excluding carboxylic acids is 1. The summed E-state index contributed by atoms with van der Waals surface area (Å²) in [5, 5.41) is 7.49. The van der Waals surface area contributed by atoms with Gasteiger partial charge in [-0.25, -0.2) is 0 Å². The SMILES string of the molecule is Cc1c(C(NC(=O)CNCC2CC2)C(C)C)oc2ccccc12. The van der Waals surface area contributed by atoms with E-state index in [0.717, 1.165) is 34.8 Å². The van der Waals surface area contributed by atoms with Crippen LogP contribution < -0.4 is 10.6 Å². The lowest BCUT2D eigenvalue weighted by Crippen LogP contribution is -2.38. The lowest BCUT2D eigenvalue weighted by atomic mass is 9.98. The second-order valence-electron chi connectivity index (χ2n) is 6.95. The van der Waals surface area contributed by atoms with E-state index in [-0.39, 0.29) is 17.9 Å². The molecule has 124 valence electrons. The molecule has 0 aliphatic heterocycles. The van der Waals surface area contributed by atoms with Gasteiger partial charge in [-0.15, -0.1) is 0 Å². The predicted molar refractivity (Wildman–Crippen MR) is 92.3 cm³/mol. The van der Waals surface area contributed by atoms with E-state index in [1.165, 1.54) is 12.8 Å². The molecule has 1 heterocycles. The van der Waals surface area contributed by atoms with Gasteiger partial charge >= 0.3 is 0 Å². The Balaban J connectivity index is 1.71. The molecule has 4 heteroatoms. The van der Waals surface area contributed by atoms with Crippen molar-refractivity contribution in [3.05, 3.63) is 35.6 Å². The molecule has 2 aromatic rings. The van der Waals surface area contributed by atoms with Crippen molar-refractivity contribution < 1.29 is 9.21 Å². The highest BCUT2D eigenvalue weighted by Crippen LogP contribution is 2.32. The van der Waals surface area contributed by atoms with Crippen LogP contribution in [0.2, 0.25) is 0 Å². The van der Waals surface area contributed by atoms with Gasteiger partial charge in [0, 0.05) is 10.9 Å². The first-order chi connectivity index (χ1) is 11.1. The number of hydrogen-bond donors (Lipinski definition) is 2. The standard InChI is InChI=1S/C19H26N2O2/c1-12(2)18(21-17(22)11-20-10-14-8-9-14)19-13(3)15-6-4-5-7-16(15)23-19/h4-7,12,14,18,20H,8-11H2,1-3H3,(H,21,22). The van der Waals surface area contributed by atoms with E-state index in [9.17, 15) is 4.79 Å². The third-order valence-corrected chi connectivity index (χ3v) is 4.56. The quantitative estimate of drug-likeness (QED) is 0.821. The van der Waals surface area contributed by atoms with E-state index in [0.29, 0.717) is 6.54 Å². The topological polar surface area (TPSA) is 54.3 Å². The van der Waals surface area contributed by atoms with Crippen molar-refractivity contribution in [2.75, 3.05) is 13.1 Å². The van der Waals surface area contributed by atoms with E-state index in [1.54, 1.807) is 0 Å². The second-order valence-corrected chi connectivity index (χ2v) is 6.95. The number of nitrogens with one attached hydrogen (secondary N) is 2. The fraction of sp³-hybridized carbons (Fsp3) is 0.526. The zero-order chi connectivity index (χ0) is 16.4. The van der Waals surface area contributed by atoms with Crippen LogP contribution in [-0.4, -0.2) is 19.0 Å². The number of para-hydroxylation sites is 1. The van der Waals surface area contributed by atoms with Gasteiger partial charge in [0.2, 0.25) is 5.91 Å². The van der Waals surface area contributed by atoms with Crippen LogP contribution >= 0.6 is 0 Å². The summed E-state index contributed by atoms with van der Waals surface area (Å²) in [6.07, 6.45) is 2.59. The van der Waals surface area contributed by atoms with Gasteiger partial charge in [-0.2, -0.15) is 0 Å².